The third-order valence-electron chi connectivity index (χ3n) is 0.0423. The van der Waals surface area contributed by atoms with Crippen LogP contribution in [-0.4, -0.2) is 9.68 Å². The van der Waals surface area contributed by atoms with Crippen LogP contribution in [-0.2, 0) is 0 Å². The van der Waals surface area contributed by atoms with Crippen molar-refractivity contribution >= 4 is 28.9 Å². The first-order valence-electron chi connectivity index (χ1n) is 0.643. The van der Waals surface area contributed by atoms with Gasteiger partial charge in [-0.1, -0.05) is 0 Å². The maximum atomic E-state index is 5.00. The molecule has 0 nitrogen and oxygen atoms in total. The Morgan fingerprint density at radius 1 is 2.00 bits per heavy atom. The van der Waals surface area contributed by atoms with Gasteiger partial charge in [-0.2, -0.15) is 0 Å². The summed E-state index contributed by atoms with van der Waals surface area (Å²) in [5.74, 6) is 0. The summed E-state index contributed by atoms with van der Waals surface area (Å²) in [7, 11) is 3.53. The predicted molar refractivity (Wildman–Crippen MR) is 22.4 cm³/mol. The number of halogens is 1. The topological polar surface area (TPSA) is 0 Å². The Balaban J connectivity index is 2.43. The molecule has 3 heteroatoms. The zero-order valence-electron chi connectivity index (χ0n) is 1.83. The van der Waals surface area contributed by atoms with Gasteiger partial charge in [0, 0.05) is 0 Å². The van der Waals surface area contributed by atoms with E-state index in [4.69, 9.17) is 11.2 Å². The Hall–Kier alpha value is 0.717. The average Bonchev–Trinajstić information content (AvgIpc) is 1.37. The molecule has 0 heterocycles. The van der Waals surface area contributed by atoms with Crippen molar-refractivity contribution in [2.45, 2.75) is 0 Å². The molecule has 0 aliphatic heterocycles. The van der Waals surface area contributed by atoms with E-state index in [9.17, 15) is 0 Å². The van der Waals surface area contributed by atoms with Crippen molar-refractivity contribution in [2.24, 2.45) is 0 Å². The molecule has 0 saturated carbocycles. The molecule has 0 unspecified atom stereocenters. The van der Waals surface area contributed by atoms with Gasteiger partial charge in [-0.3, -0.25) is 0 Å². The van der Waals surface area contributed by atoms with Crippen LogP contribution in [0.15, 0.2) is 0 Å². The van der Waals surface area contributed by atoms with Crippen molar-refractivity contribution in [1.82, 2.24) is 0 Å². The van der Waals surface area contributed by atoms with Gasteiger partial charge in [0.05, 0.1) is 0 Å². The predicted octanol–water partition coefficient (Wildman–Crippen LogP) is 1.17. The summed E-state index contributed by atoms with van der Waals surface area (Å²) < 4.78 is 0. The SMILES string of the molecule is [Si+]#C[P-]Cl. The van der Waals surface area contributed by atoms with Crippen molar-refractivity contribution in [3.05, 3.63) is 0 Å². The van der Waals surface area contributed by atoms with Gasteiger partial charge in [-0.05, 0) is 0 Å². The molecule has 0 amide bonds. The van der Waals surface area contributed by atoms with E-state index in [2.05, 4.69) is 14.9 Å². The van der Waals surface area contributed by atoms with Crippen molar-refractivity contribution in [3.8, 4) is 5.24 Å². The van der Waals surface area contributed by atoms with Crippen LogP contribution >= 0.6 is 19.2 Å². The van der Waals surface area contributed by atoms with E-state index < -0.39 is 0 Å². The van der Waals surface area contributed by atoms with Crippen molar-refractivity contribution < 1.29 is 0 Å². The summed E-state index contributed by atoms with van der Waals surface area (Å²) in [4.78, 5) is 0. The second-order valence-corrected chi connectivity index (χ2v) is 1.77. The maximum absolute atomic E-state index is 5.00. The standard InChI is InChI=1S/CClPSi/c2-3-1-4. The zero-order valence-corrected chi connectivity index (χ0v) is 4.48. The van der Waals surface area contributed by atoms with Crippen molar-refractivity contribution in [1.29, 1.82) is 0 Å². The van der Waals surface area contributed by atoms with Crippen LogP contribution in [0, 0.1) is 5.24 Å². The molecule has 0 aromatic rings. The molecule has 0 spiro atoms. The molecule has 20 valence electrons. The zero-order chi connectivity index (χ0) is 3.41. The van der Waals surface area contributed by atoms with Gasteiger partial charge >= 0.3 is 34.1 Å². The van der Waals surface area contributed by atoms with Crippen LogP contribution in [0.4, 0.5) is 0 Å². The molecule has 0 rings (SSSR count). The summed E-state index contributed by atoms with van der Waals surface area (Å²) in [6.45, 7) is 0. The van der Waals surface area contributed by atoms with E-state index in [1.165, 1.54) is 0 Å². The van der Waals surface area contributed by atoms with Crippen LogP contribution in [0.3, 0.4) is 0 Å². The van der Waals surface area contributed by atoms with Gasteiger partial charge in [0.15, 0.2) is 0 Å². The monoisotopic (exact) mass is 106 g/mol. The third kappa shape index (κ3) is 2.72. The molecular formula is CClPSi. The molecule has 0 atom stereocenters. The van der Waals surface area contributed by atoms with Crippen molar-refractivity contribution in [2.75, 3.05) is 0 Å². The quantitative estimate of drug-likeness (QED) is 0.321. The molecule has 0 saturated heterocycles. The fraction of sp³-hybridized carbons (Fsp3) is 0. The molecule has 0 aliphatic rings. The van der Waals surface area contributed by atoms with Crippen molar-refractivity contribution in [3.63, 3.8) is 0 Å². The van der Waals surface area contributed by atoms with Gasteiger partial charge in [0.1, 0.15) is 0 Å². The van der Waals surface area contributed by atoms with Gasteiger partial charge in [-0.25, -0.2) is 0 Å². The Labute approximate surface area is 34.8 Å². The van der Waals surface area contributed by atoms with Crippen LogP contribution in [0.5, 0.6) is 0 Å². The minimum absolute atomic E-state index is 0.634. The molecule has 0 N–H and O–H groups in total. The molecule has 0 fully saturated rings. The molecule has 0 aromatic carbocycles. The normalized spacial score (nSPS) is 8.75. The molecule has 0 bridgehead atoms. The Bertz CT molecular complexity index is 37.8. The number of hydrogen-bond donors (Lipinski definition) is 0. The fourth-order valence-corrected chi connectivity index (χ4v) is 0. The summed E-state index contributed by atoms with van der Waals surface area (Å²) in [5, 5.41) is 2.47. The van der Waals surface area contributed by atoms with Crippen LogP contribution in [0.25, 0.3) is 0 Å². The first-order chi connectivity index (χ1) is 1.91. The van der Waals surface area contributed by atoms with Gasteiger partial charge in [-0.15, -0.1) is 0 Å². The summed E-state index contributed by atoms with van der Waals surface area (Å²) in [6.07, 6.45) is 0. The summed E-state index contributed by atoms with van der Waals surface area (Å²) in [6, 6.07) is 0. The van der Waals surface area contributed by atoms with E-state index in [-0.39, 0.29) is 0 Å². The van der Waals surface area contributed by atoms with Gasteiger partial charge in [0.2, 0.25) is 0 Å². The molecule has 4 heavy (non-hydrogen) atoms. The Morgan fingerprint density at radius 3 is 2.25 bits per heavy atom. The molecule has 0 aromatic heterocycles. The minimum atomic E-state index is 0.634. The Morgan fingerprint density at radius 2 is 2.25 bits per heavy atom. The first kappa shape index (κ1) is 4.72. The summed E-state index contributed by atoms with van der Waals surface area (Å²) >= 11 is 5.00. The molecule has 0 aliphatic carbocycles. The van der Waals surface area contributed by atoms with Crippen LogP contribution in [0.2, 0.25) is 0 Å². The van der Waals surface area contributed by atoms with E-state index in [0.717, 1.165) is 0 Å². The van der Waals surface area contributed by atoms with Crippen LogP contribution < -0.4 is 0 Å². The third-order valence-corrected chi connectivity index (χ3v) is 1.14. The van der Waals surface area contributed by atoms with Gasteiger partial charge < -0.3 is 0 Å². The van der Waals surface area contributed by atoms with E-state index in [1.807, 2.05) is 0 Å². The van der Waals surface area contributed by atoms with E-state index in [1.54, 1.807) is 0 Å². The number of hydrogen-bond acceptors (Lipinski definition) is 0. The average molecular weight is 107 g/mol. The summed E-state index contributed by atoms with van der Waals surface area (Å²) in [5.41, 5.74) is 0. The first-order valence-corrected chi connectivity index (χ1v) is 2.94. The van der Waals surface area contributed by atoms with E-state index >= 15 is 0 Å². The van der Waals surface area contributed by atoms with E-state index in [0.29, 0.717) is 7.93 Å². The molecule has 0 radical (unpaired) electrons. The second kappa shape index (κ2) is 3.72. The van der Waals surface area contributed by atoms with Crippen LogP contribution in [0.1, 0.15) is 0 Å². The second-order valence-electron chi connectivity index (χ2n) is 0.196. The Kier molecular flexibility index (Phi) is 4.38. The molecular weight excluding hydrogens is 107 g/mol. The van der Waals surface area contributed by atoms with Gasteiger partial charge in [0.25, 0.3) is 0 Å². The number of rotatable bonds is 0. The fourth-order valence-electron chi connectivity index (χ4n) is 0.